The Labute approximate surface area is 116 Å². The normalized spacial score (nSPS) is 10.6. The number of thioether (sulfide) groups is 1. The lowest BCUT2D eigenvalue weighted by atomic mass is 10.2. The third kappa shape index (κ3) is 3.38. The summed E-state index contributed by atoms with van der Waals surface area (Å²) in [7, 11) is 0. The van der Waals surface area contributed by atoms with Gasteiger partial charge in [0.15, 0.2) is 0 Å². The molecule has 2 rings (SSSR count). The number of rotatable bonds is 4. The standard InChI is InChI=1S/C10H6Cl2N2O3S/c11-6-1-5(2-7(12)3-6)9-13-10(17-14-9)18-4-8(15)16/h1-3H,4H2,(H,15,16). The molecule has 0 atom stereocenters. The first kappa shape index (κ1) is 13.2. The Balaban J connectivity index is 2.21. The fraction of sp³-hybridized carbons (Fsp3) is 0.100. The molecule has 1 heterocycles. The molecule has 0 fully saturated rings. The molecule has 0 radical (unpaired) electrons. The van der Waals surface area contributed by atoms with Crippen LogP contribution in [0.4, 0.5) is 0 Å². The van der Waals surface area contributed by atoms with Crippen molar-refractivity contribution in [1.82, 2.24) is 10.1 Å². The second kappa shape index (κ2) is 5.60. The number of halogens is 2. The van der Waals surface area contributed by atoms with E-state index >= 15 is 0 Å². The summed E-state index contributed by atoms with van der Waals surface area (Å²) < 4.78 is 4.90. The van der Waals surface area contributed by atoms with Crippen LogP contribution in [-0.4, -0.2) is 27.0 Å². The SMILES string of the molecule is O=C(O)CSc1nc(-c2cc(Cl)cc(Cl)c2)no1. The number of carbonyl (C=O) groups is 1. The largest absolute Gasteiger partial charge is 0.481 e. The van der Waals surface area contributed by atoms with Crippen LogP contribution in [0, 0.1) is 0 Å². The van der Waals surface area contributed by atoms with Crippen LogP contribution < -0.4 is 0 Å². The molecule has 0 saturated carbocycles. The Morgan fingerprint density at radius 2 is 2.00 bits per heavy atom. The van der Waals surface area contributed by atoms with Gasteiger partial charge in [-0.05, 0) is 18.2 Å². The highest BCUT2D eigenvalue weighted by Crippen LogP contribution is 2.27. The molecule has 0 amide bonds. The molecule has 0 saturated heterocycles. The number of aliphatic carboxylic acids is 1. The van der Waals surface area contributed by atoms with Gasteiger partial charge in [-0.2, -0.15) is 4.98 Å². The molecular weight excluding hydrogens is 299 g/mol. The number of hydrogen-bond acceptors (Lipinski definition) is 5. The van der Waals surface area contributed by atoms with E-state index in [-0.39, 0.29) is 11.0 Å². The van der Waals surface area contributed by atoms with Gasteiger partial charge in [0.1, 0.15) is 5.75 Å². The third-order valence-electron chi connectivity index (χ3n) is 1.85. The van der Waals surface area contributed by atoms with Gasteiger partial charge in [0.2, 0.25) is 5.82 Å². The van der Waals surface area contributed by atoms with E-state index in [0.717, 1.165) is 11.8 Å². The van der Waals surface area contributed by atoms with E-state index < -0.39 is 5.97 Å². The van der Waals surface area contributed by atoms with Crippen molar-refractivity contribution in [2.75, 3.05) is 5.75 Å². The number of nitrogens with zero attached hydrogens (tertiary/aromatic N) is 2. The minimum Gasteiger partial charge on any atom is -0.481 e. The molecule has 1 aromatic heterocycles. The fourth-order valence-electron chi connectivity index (χ4n) is 1.19. The topological polar surface area (TPSA) is 76.2 Å². The Morgan fingerprint density at radius 3 is 2.61 bits per heavy atom. The summed E-state index contributed by atoms with van der Waals surface area (Å²) in [6.45, 7) is 0. The van der Waals surface area contributed by atoms with Crippen molar-refractivity contribution in [3.05, 3.63) is 28.2 Å². The van der Waals surface area contributed by atoms with Crippen molar-refractivity contribution in [1.29, 1.82) is 0 Å². The van der Waals surface area contributed by atoms with Crippen molar-refractivity contribution >= 4 is 40.9 Å². The van der Waals surface area contributed by atoms with Gasteiger partial charge < -0.3 is 9.63 Å². The van der Waals surface area contributed by atoms with Crippen molar-refractivity contribution in [3.8, 4) is 11.4 Å². The third-order valence-corrected chi connectivity index (χ3v) is 3.09. The molecule has 0 aliphatic carbocycles. The Morgan fingerprint density at radius 1 is 1.33 bits per heavy atom. The maximum atomic E-state index is 10.4. The molecule has 94 valence electrons. The highest BCUT2D eigenvalue weighted by molar-refractivity contribution is 7.99. The summed E-state index contributed by atoms with van der Waals surface area (Å²) in [6, 6.07) is 4.88. The summed E-state index contributed by atoms with van der Waals surface area (Å²) in [5.41, 5.74) is 0.610. The fourth-order valence-corrected chi connectivity index (χ4v) is 2.21. The lowest BCUT2D eigenvalue weighted by molar-refractivity contribution is -0.133. The van der Waals surface area contributed by atoms with E-state index in [9.17, 15) is 4.79 Å². The molecule has 0 spiro atoms. The zero-order valence-corrected chi connectivity index (χ0v) is 11.1. The minimum atomic E-state index is -0.953. The highest BCUT2D eigenvalue weighted by Gasteiger charge is 2.11. The van der Waals surface area contributed by atoms with Crippen molar-refractivity contribution in [3.63, 3.8) is 0 Å². The van der Waals surface area contributed by atoms with Gasteiger partial charge >= 0.3 is 5.97 Å². The second-order valence-electron chi connectivity index (χ2n) is 3.22. The summed E-state index contributed by atoms with van der Waals surface area (Å²) in [4.78, 5) is 14.4. The average molecular weight is 305 g/mol. The minimum absolute atomic E-state index is 0.141. The Bertz CT molecular complexity index is 568. The van der Waals surface area contributed by atoms with Crippen LogP contribution in [0.5, 0.6) is 0 Å². The molecule has 5 nitrogen and oxygen atoms in total. The molecular formula is C10H6Cl2N2O3S. The van der Waals surface area contributed by atoms with E-state index in [4.69, 9.17) is 32.8 Å². The first-order valence-electron chi connectivity index (χ1n) is 4.69. The monoisotopic (exact) mass is 304 g/mol. The number of benzene rings is 1. The van der Waals surface area contributed by atoms with Crippen LogP contribution in [0.3, 0.4) is 0 Å². The second-order valence-corrected chi connectivity index (χ2v) is 5.02. The molecule has 18 heavy (non-hydrogen) atoms. The van der Waals surface area contributed by atoms with Crippen LogP contribution in [0.15, 0.2) is 27.9 Å². The van der Waals surface area contributed by atoms with Gasteiger partial charge in [-0.1, -0.05) is 40.1 Å². The highest BCUT2D eigenvalue weighted by atomic mass is 35.5. The summed E-state index contributed by atoms with van der Waals surface area (Å²) in [5.74, 6) is -0.782. The lowest BCUT2D eigenvalue weighted by Gasteiger charge is -1.96. The molecule has 0 aliphatic heterocycles. The van der Waals surface area contributed by atoms with Crippen LogP contribution in [0.25, 0.3) is 11.4 Å². The quantitative estimate of drug-likeness (QED) is 0.874. The van der Waals surface area contributed by atoms with Gasteiger partial charge in [-0.15, -0.1) is 0 Å². The van der Waals surface area contributed by atoms with Gasteiger partial charge in [0.05, 0.1) is 0 Å². The summed E-state index contributed by atoms with van der Waals surface area (Å²) in [5, 5.41) is 13.4. The molecule has 0 bridgehead atoms. The zero-order chi connectivity index (χ0) is 13.1. The van der Waals surface area contributed by atoms with Gasteiger partial charge in [-0.25, -0.2) is 0 Å². The summed E-state index contributed by atoms with van der Waals surface area (Å²) >= 11 is 12.7. The van der Waals surface area contributed by atoms with Crippen molar-refractivity contribution in [2.45, 2.75) is 5.22 Å². The maximum absolute atomic E-state index is 10.4. The first-order valence-corrected chi connectivity index (χ1v) is 6.43. The molecule has 2 aromatic rings. The van der Waals surface area contributed by atoms with Crippen LogP contribution in [-0.2, 0) is 4.79 Å². The zero-order valence-electron chi connectivity index (χ0n) is 8.76. The van der Waals surface area contributed by atoms with Crippen LogP contribution >= 0.6 is 35.0 Å². The smallest absolute Gasteiger partial charge is 0.314 e. The molecule has 1 aromatic carbocycles. The van der Waals surface area contributed by atoms with E-state index in [0.29, 0.717) is 21.4 Å². The Kier molecular flexibility index (Phi) is 4.11. The van der Waals surface area contributed by atoms with E-state index in [2.05, 4.69) is 10.1 Å². The van der Waals surface area contributed by atoms with Gasteiger partial charge in [0, 0.05) is 15.6 Å². The number of carboxylic acid groups (broad SMARTS) is 1. The molecule has 8 heteroatoms. The van der Waals surface area contributed by atoms with Crippen LogP contribution in [0.2, 0.25) is 10.0 Å². The molecule has 1 N–H and O–H groups in total. The summed E-state index contributed by atoms with van der Waals surface area (Å²) in [6.07, 6.45) is 0. The molecule has 0 aliphatic rings. The van der Waals surface area contributed by atoms with E-state index in [1.165, 1.54) is 0 Å². The Hall–Kier alpha value is -1.24. The van der Waals surface area contributed by atoms with Gasteiger partial charge in [-0.3, -0.25) is 4.79 Å². The van der Waals surface area contributed by atoms with Crippen molar-refractivity contribution in [2.24, 2.45) is 0 Å². The lowest BCUT2D eigenvalue weighted by Crippen LogP contribution is -1.97. The maximum Gasteiger partial charge on any atom is 0.314 e. The molecule has 0 unspecified atom stereocenters. The van der Waals surface area contributed by atoms with E-state index in [1.807, 2.05) is 0 Å². The van der Waals surface area contributed by atoms with Crippen LogP contribution in [0.1, 0.15) is 0 Å². The van der Waals surface area contributed by atoms with Gasteiger partial charge in [0.25, 0.3) is 5.22 Å². The number of carboxylic acids is 1. The first-order chi connectivity index (χ1) is 8.54. The predicted octanol–water partition coefficient (Wildman–Crippen LogP) is 3.22. The number of hydrogen-bond donors (Lipinski definition) is 1. The number of aromatic nitrogens is 2. The predicted molar refractivity (Wildman–Crippen MR) is 68.1 cm³/mol. The van der Waals surface area contributed by atoms with E-state index in [1.54, 1.807) is 18.2 Å². The van der Waals surface area contributed by atoms with Crippen molar-refractivity contribution < 1.29 is 14.4 Å². The average Bonchev–Trinajstić information content (AvgIpc) is 2.73.